The van der Waals surface area contributed by atoms with Crippen molar-refractivity contribution in [2.45, 2.75) is 50.4 Å². The van der Waals surface area contributed by atoms with E-state index in [4.69, 9.17) is 5.11 Å². The molecule has 2 fully saturated rings. The number of carboxylic acid groups (broad SMARTS) is 1. The van der Waals surface area contributed by atoms with E-state index in [0.717, 1.165) is 24.5 Å². The van der Waals surface area contributed by atoms with Crippen LogP contribution in [0.4, 0.5) is 0 Å². The van der Waals surface area contributed by atoms with Crippen LogP contribution in [-0.4, -0.2) is 27.7 Å². The van der Waals surface area contributed by atoms with Gasteiger partial charge in [0, 0.05) is 5.75 Å². The van der Waals surface area contributed by atoms with Crippen molar-refractivity contribution in [1.29, 1.82) is 0 Å². The average Bonchev–Trinajstić information content (AvgIpc) is 2.62. The predicted octanol–water partition coefficient (Wildman–Crippen LogP) is 2.32. The van der Waals surface area contributed by atoms with Crippen molar-refractivity contribution in [3.05, 3.63) is 0 Å². The highest BCUT2D eigenvalue weighted by Crippen LogP contribution is 2.46. The van der Waals surface area contributed by atoms with Crippen molar-refractivity contribution in [3.63, 3.8) is 0 Å². The Morgan fingerprint density at radius 2 is 2.31 bits per heavy atom. The molecule has 1 spiro atoms. The second-order valence-corrected chi connectivity index (χ2v) is 6.84. The summed E-state index contributed by atoms with van der Waals surface area (Å²) in [5.74, 6) is 1.49. The molecule has 3 unspecified atom stereocenters. The Balaban J connectivity index is 2.01. The molecule has 0 aromatic rings. The van der Waals surface area contributed by atoms with Gasteiger partial charge in [0.1, 0.15) is 6.04 Å². The van der Waals surface area contributed by atoms with Crippen LogP contribution in [0.5, 0.6) is 0 Å². The van der Waals surface area contributed by atoms with Crippen LogP contribution < -0.4 is 5.32 Å². The molecule has 0 aromatic carbocycles. The molecule has 0 aromatic heterocycles. The first-order chi connectivity index (χ1) is 7.52. The largest absolute Gasteiger partial charge is 0.480 e. The zero-order valence-corrected chi connectivity index (χ0v) is 10.8. The van der Waals surface area contributed by atoms with Crippen molar-refractivity contribution in [1.82, 2.24) is 5.32 Å². The second kappa shape index (κ2) is 4.57. The van der Waals surface area contributed by atoms with Crippen LogP contribution in [0.2, 0.25) is 0 Å². The number of nitrogens with one attached hydrogen (secondary N) is 1. The van der Waals surface area contributed by atoms with Crippen LogP contribution in [0.25, 0.3) is 0 Å². The Bertz CT molecular complexity index is 282. The lowest BCUT2D eigenvalue weighted by Crippen LogP contribution is -2.48. The molecule has 2 N–H and O–H groups in total. The first-order valence-electron chi connectivity index (χ1n) is 6.17. The third-order valence-electron chi connectivity index (χ3n) is 3.95. The molecule has 1 heterocycles. The first-order valence-corrected chi connectivity index (χ1v) is 7.15. The van der Waals surface area contributed by atoms with Crippen molar-refractivity contribution in [3.8, 4) is 0 Å². The number of thioether (sulfide) groups is 1. The SMILES string of the molecule is CC(C)C1CCCC2(C1)NC(C(=O)O)CS2. The number of rotatable bonds is 2. The molecule has 3 atom stereocenters. The predicted molar refractivity (Wildman–Crippen MR) is 66.5 cm³/mol. The molecule has 92 valence electrons. The number of carboxylic acids is 1. The first kappa shape index (κ1) is 12.2. The van der Waals surface area contributed by atoms with E-state index >= 15 is 0 Å². The monoisotopic (exact) mass is 243 g/mol. The van der Waals surface area contributed by atoms with Gasteiger partial charge in [-0.25, -0.2) is 0 Å². The molecule has 1 saturated carbocycles. The van der Waals surface area contributed by atoms with E-state index in [9.17, 15) is 4.79 Å². The summed E-state index contributed by atoms with van der Waals surface area (Å²) in [5, 5.41) is 12.4. The highest BCUT2D eigenvalue weighted by atomic mass is 32.2. The van der Waals surface area contributed by atoms with Gasteiger partial charge in [0.25, 0.3) is 0 Å². The molecular weight excluding hydrogens is 222 g/mol. The summed E-state index contributed by atoms with van der Waals surface area (Å²) in [4.78, 5) is 11.0. The fourth-order valence-corrected chi connectivity index (χ4v) is 4.44. The smallest absolute Gasteiger partial charge is 0.321 e. The molecule has 2 aliphatic rings. The van der Waals surface area contributed by atoms with Crippen molar-refractivity contribution >= 4 is 17.7 Å². The molecule has 1 aliphatic heterocycles. The molecule has 0 bridgehead atoms. The lowest BCUT2D eigenvalue weighted by Gasteiger charge is -2.39. The van der Waals surface area contributed by atoms with Gasteiger partial charge in [-0.2, -0.15) is 0 Å². The van der Waals surface area contributed by atoms with E-state index in [1.165, 1.54) is 12.8 Å². The van der Waals surface area contributed by atoms with Gasteiger partial charge >= 0.3 is 5.97 Å². The van der Waals surface area contributed by atoms with Gasteiger partial charge in [-0.3, -0.25) is 10.1 Å². The molecule has 4 heteroatoms. The van der Waals surface area contributed by atoms with Gasteiger partial charge in [0.05, 0.1) is 4.87 Å². The minimum atomic E-state index is -0.698. The molecule has 3 nitrogen and oxygen atoms in total. The summed E-state index contributed by atoms with van der Waals surface area (Å²) >= 11 is 1.83. The van der Waals surface area contributed by atoms with Gasteiger partial charge in [-0.05, 0) is 24.7 Å². The standard InChI is InChI=1S/C12H21NO2S/c1-8(2)9-4-3-5-12(6-9)13-10(7-16-12)11(14)15/h8-10,13H,3-7H2,1-2H3,(H,14,15). The minimum Gasteiger partial charge on any atom is -0.480 e. The van der Waals surface area contributed by atoms with E-state index in [1.54, 1.807) is 0 Å². The maximum Gasteiger partial charge on any atom is 0.321 e. The van der Waals surface area contributed by atoms with E-state index < -0.39 is 5.97 Å². The Morgan fingerprint density at radius 1 is 1.56 bits per heavy atom. The number of aliphatic carboxylic acids is 1. The maximum absolute atomic E-state index is 11.0. The Hall–Kier alpha value is -0.220. The topological polar surface area (TPSA) is 49.3 Å². The third kappa shape index (κ3) is 2.38. The lowest BCUT2D eigenvalue weighted by atomic mass is 9.79. The van der Waals surface area contributed by atoms with Crippen LogP contribution in [0, 0.1) is 11.8 Å². The van der Waals surface area contributed by atoms with Crippen LogP contribution in [0.15, 0.2) is 0 Å². The fraction of sp³-hybridized carbons (Fsp3) is 0.917. The van der Waals surface area contributed by atoms with Gasteiger partial charge in [-0.15, -0.1) is 11.8 Å². The molecule has 1 aliphatic carbocycles. The van der Waals surface area contributed by atoms with E-state index in [2.05, 4.69) is 19.2 Å². The van der Waals surface area contributed by atoms with E-state index in [0.29, 0.717) is 5.92 Å². The summed E-state index contributed by atoms with van der Waals surface area (Å²) < 4.78 is 0. The summed E-state index contributed by atoms with van der Waals surface area (Å²) in [6.45, 7) is 4.55. The second-order valence-electron chi connectivity index (χ2n) is 5.44. The summed E-state index contributed by atoms with van der Waals surface area (Å²) in [6, 6.07) is -0.337. The molecule has 2 rings (SSSR count). The third-order valence-corrected chi connectivity index (χ3v) is 5.49. The normalized spacial score (nSPS) is 39.4. The van der Waals surface area contributed by atoms with Crippen LogP contribution in [-0.2, 0) is 4.79 Å². The lowest BCUT2D eigenvalue weighted by molar-refractivity contribution is -0.139. The van der Waals surface area contributed by atoms with Crippen LogP contribution in [0.1, 0.15) is 39.5 Å². The molecule has 0 radical (unpaired) electrons. The van der Waals surface area contributed by atoms with Gasteiger partial charge in [0.15, 0.2) is 0 Å². The minimum absolute atomic E-state index is 0.0657. The van der Waals surface area contributed by atoms with Gasteiger partial charge in [0.2, 0.25) is 0 Å². The summed E-state index contributed by atoms with van der Waals surface area (Å²) in [5.41, 5.74) is 0. The van der Waals surface area contributed by atoms with Crippen molar-refractivity contribution < 1.29 is 9.90 Å². The van der Waals surface area contributed by atoms with E-state index in [1.807, 2.05) is 11.8 Å². The summed E-state index contributed by atoms with van der Waals surface area (Å²) in [7, 11) is 0. The van der Waals surface area contributed by atoms with Crippen LogP contribution >= 0.6 is 11.8 Å². The van der Waals surface area contributed by atoms with Crippen molar-refractivity contribution in [2.24, 2.45) is 11.8 Å². The summed E-state index contributed by atoms with van der Waals surface area (Å²) in [6.07, 6.45) is 4.80. The van der Waals surface area contributed by atoms with E-state index in [-0.39, 0.29) is 10.9 Å². The quantitative estimate of drug-likeness (QED) is 0.781. The fourth-order valence-electron chi connectivity index (χ4n) is 2.89. The van der Waals surface area contributed by atoms with Gasteiger partial charge in [-0.1, -0.05) is 26.7 Å². The highest BCUT2D eigenvalue weighted by molar-refractivity contribution is 8.00. The average molecular weight is 243 g/mol. The van der Waals surface area contributed by atoms with Crippen LogP contribution in [0.3, 0.4) is 0 Å². The number of hydrogen-bond donors (Lipinski definition) is 2. The molecule has 1 saturated heterocycles. The highest BCUT2D eigenvalue weighted by Gasteiger charge is 2.45. The zero-order chi connectivity index (χ0) is 11.8. The Morgan fingerprint density at radius 3 is 2.88 bits per heavy atom. The molecule has 16 heavy (non-hydrogen) atoms. The molecular formula is C12H21NO2S. The Labute approximate surface area is 101 Å². The molecule has 0 amide bonds. The number of carbonyl (C=O) groups is 1. The van der Waals surface area contributed by atoms with Crippen molar-refractivity contribution in [2.75, 3.05) is 5.75 Å². The number of hydrogen-bond acceptors (Lipinski definition) is 3. The maximum atomic E-state index is 11.0. The zero-order valence-electron chi connectivity index (χ0n) is 10.0. The van der Waals surface area contributed by atoms with Gasteiger partial charge < -0.3 is 5.11 Å². The Kier molecular flexibility index (Phi) is 3.50.